The maximum Gasteiger partial charge on any atom is 0.336 e. The van der Waals surface area contributed by atoms with E-state index in [-0.39, 0.29) is 5.56 Å². The van der Waals surface area contributed by atoms with Gasteiger partial charge in [0.05, 0.1) is 5.56 Å². The van der Waals surface area contributed by atoms with Crippen molar-refractivity contribution in [1.82, 2.24) is 9.97 Å². The number of hydrogen-bond donors (Lipinski definition) is 1. The van der Waals surface area contributed by atoms with Gasteiger partial charge in [-0.2, -0.15) is 0 Å². The number of hydrogen-bond acceptors (Lipinski definition) is 3. The third kappa shape index (κ3) is 2.65. The number of aromatic nitrogens is 2. The first kappa shape index (κ1) is 13.0. The van der Waals surface area contributed by atoms with Crippen LogP contribution in [0, 0.1) is 0 Å². The summed E-state index contributed by atoms with van der Waals surface area (Å²) in [7, 11) is 0. The monoisotopic (exact) mass is 276 g/mol. The van der Waals surface area contributed by atoms with Crippen LogP contribution in [0.4, 0.5) is 0 Å². The van der Waals surface area contributed by atoms with Gasteiger partial charge >= 0.3 is 5.97 Å². The van der Waals surface area contributed by atoms with E-state index < -0.39 is 5.97 Å². The van der Waals surface area contributed by atoms with Crippen LogP contribution in [-0.2, 0) is 0 Å². The quantitative estimate of drug-likeness (QED) is 0.795. The second kappa shape index (κ2) is 5.54. The van der Waals surface area contributed by atoms with E-state index in [9.17, 15) is 9.90 Å². The molecule has 2 aromatic heterocycles. The minimum atomic E-state index is -0.942. The zero-order chi connectivity index (χ0) is 14.7. The lowest BCUT2D eigenvalue weighted by Gasteiger charge is -2.09. The maximum atomic E-state index is 11.4. The van der Waals surface area contributed by atoms with Gasteiger partial charge in [-0.15, -0.1) is 0 Å². The predicted octanol–water partition coefficient (Wildman–Crippen LogP) is 3.51. The van der Waals surface area contributed by atoms with Crippen molar-refractivity contribution >= 4 is 5.97 Å². The normalized spacial score (nSPS) is 10.3. The lowest BCUT2D eigenvalue weighted by Crippen LogP contribution is -2.00. The summed E-state index contributed by atoms with van der Waals surface area (Å²) in [4.78, 5) is 19.4. The third-order valence-electron chi connectivity index (χ3n) is 3.25. The Morgan fingerprint density at radius 1 is 0.762 bits per heavy atom. The molecule has 102 valence electrons. The number of carboxylic acids is 1. The fourth-order valence-electron chi connectivity index (χ4n) is 2.22. The van der Waals surface area contributed by atoms with Crippen LogP contribution in [0.3, 0.4) is 0 Å². The van der Waals surface area contributed by atoms with Crippen LogP contribution >= 0.6 is 0 Å². The highest BCUT2D eigenvalue weighted by molar-refractivity contribution is 5.97. The average Bonchev–Trinajstić information content (AvgIpc) is 2.56. The lowest BCUT2D eigenvalue weighted by molar-refractivity contribution is 0.0698. The molecule has 0 saturated carbocycles. The van der Waals surface area contributed by atoms with Crippen molar-refractivity contribution in [3.63, 3.8) is 0 Å². The zero-order valence-corrected chi connectivity index (χ0v) is 11.1. The van der Waals surface area contributed by atoms with E-state index in [1.165, 1.54) is 0 Å². The van der Waals surface area contributed by atoms with Crippen LogP contribution in [0.25, 0.3) is 22.3 Å². The molecule has 2 heterocycles. The van der Waals surface area contributed by atoms with Gasteiger partial charge in [0.25, 0.3) is 0 Å². The molecule has 0 bridgehead atoms. The zero-order valence-electron chi connectivity index (χ0n) is 11.1. The highest BCUT2D eigenvalue weighted by atomic mass is 16.4. The molecule has 21 heavy (non-hydrogen) atoms. The molecule has 0 aliphatic rings. The van der Waals surface area contributed by atoms with Crippen molar-refractivity contribution in [3.05, 3.63) is 72.8 Å². The van der Waals surface area contributed by atoms with Gasteiger partial charge in [0.15, 0.2) is 0 Å². The number of carbonyl (C=O) groups is 1. The highest BCUT2D eigenvalue weighted by Gasteiger charge is 2.13. The highest BCUT2D eigenvalue weighted by Crippen LogP contribution is 2.29. The van der Waals surface area contributed by atoms with Gasteiger partial charge in [-0.25, -0.2) is 4.79 Å². The van der Waals surface area contributed by atoms with Crippen molar-refractivity contribution in [2.75, 3.05) is 0 Å². The van der Waals surface area contributed by atoms with Gasteiger partial charge in [0.2, 0.25) is 0 Å². The second-order valence-electron chi connectivity index (χ2n) is 4.54. The summed E-state index contributed by atoms with van der Waals surface area (Å²) in [5, 5.41) is 9.36. The summed E-state index contributed by atoms with van der Waals surface area (Å²) < 4.78 is 0. The van der Waals surface area contributed by atoms with Crippen LogP contribution in [0.5, 0.6) is 0 Å². The van der Waals surface area contributed by atoms with Crippen molar-refractivity contribution in [2.24, 2.45) is 0 Å². The number of carboxylic acid groups (broad SMARTS) is 1. The molecular weight excluding hydrogens is 264 g/mol. The first-order valence-electron chi connectivity index (χ1n) is 6.44. The molecule has 3 rings (SSSR count). The van der Waals surface area contributed by atoms with Gasteiger partial charge in [-0.05, 0) is 58.7 Å². The van der Waals surface area contributed by atoms with E-state index in [2.05, 4.69) is 9.97 Å². The Kier molecular flexibility index (Phi) is 3.43. The molecule has 0 aliphatic carbocycles. The Hall–Kier alpha value is -3.01. The van der Waals surface area contributed by atoms with Crippen molar-refractivity contribution in [1.29, 1.82) is 0 Å². The van der Waals surface area contributed by atoms with E-state index in [0.717, 1.165) is 16.7 Å². The molecule has 0 atom stereocenters. The Balaban J connectivity index is 2.18. The van der Waals surface area contributed by atoms with Gasteiger partial charge < -0.3 is 5.11 Å². The van der Waals surface area contributed by atoms with E-state index in [4.69, 9.17) is 0 Å². The Bertz CT molecular complexity index is 771. The molecule has 0 spiro atoms. The van der Waals surface area contributed by atoms with Crippen LogP contribution < -0.4 is 0 Å². The molecule has 1 N–H and O–H groups in total. The topological polar surface area (TPSA) is 63.1 Å². The number of benzene rings is 1. The molecule has 0 amide bonds. The molecule has 0 aliphatic heterocycles. The summed E-state index contributed by atoms with van der Waals surface area (Å²) in [5.74, 6) is -0.942. The van der Waals surface area contributed by atoms with Crippen LogP contribution in [0.2, 0.25) is 0 Å². The van der Waals surface area contributed by atoms with Crippen molar-refractivity contribution in [3.8, 4) is 22.3 Å². The predicted molar refractivity (Wildman–Crippen MR) is 79.9 cm³/mol. The number of aromatic carboxylic acids is 1. The molecule has 0 fully saturated rings. The molecule has 0 radical (unpaired) electrons. The average molecular weight is 276 g/mol. The van der Waals surface area contributed by atoms with Gasteiger partial charge in [0, 0.05) is 24.8 Å². The first-order valence-corrected chi connectivity index (χ1v) is 6.44. The van der Waals surface area contributed by atoms with Crippen LogP contribution in [0.1, 0.15) is 10.4 Å². The van der Waals surface area contributed by atoms with Gasteiger partial charge in [-0.1, -0.05) is 6.07 Å². The Labute approximate surface area is 121 Å². The van der Waals surface area contributed by atoms with Crippen LogP contribution in [-0.4, -0.2) is 21.0 Å². The SMILES string of the molecule is O=C(O)c1ccc(-c2ccncc2)cc1-c1ccncc1. The smallest absolute Gasteiger partial charge is 0.336 e. The Morgan fingerprint density at radius 3 is 1.90 bits per heavy atom. The molecular formula is C17H12N2O2. The first-order chi connectivity index (χ1) is 10.3. The molecule has 0 saturated heterocycles. The molecule has 1 aromatic carbocycles. The van der Waals surface area contributed by atoms with E-state index in [0.29, 0.717) is 5.56 Å². The summed E-state index contributed by atoms with van der Waals surface area (Å²) in [6.07, 6.45) is 6.74. The van der Waals surface area contributed by atoms with Crippen molar-refractivity contribution in [2.45, 2.75) is 0 Å². The fraction of sp³-hybridized carbons (Fsp3) is 0. The third-order valence-corrected chi connectivity index (χ3v) is 3.25. The largest absolute Gasteiger partial charge is 0.478 e. The summed E-state index contributed by atoms with van der Waals surface area (Å²) >= 11 is 0. The number of rotatable bonds is 3. The lowest BCUT2D eigenvalue weighted by atomic mass is 9.95. The minimum Gasteiger partial charge on any atom is -0.478 e. The van der Waals surface area contributed by atoms with Crippen LogP contribution in [0.15, 0.2) is 67.3 Å². The fourth-order valence-corrected chi connectivity index (χ4v) is 2.22. The van der Waals surface area contributed by atoms with E-state index in [1.54, 1.807) is 43.0 Å². The molecule has 3 aromatic rings. The van der Waals surface area contributed by atoms with Gasteiger partial charge in [-0.3, -0.25) is 9.97 Å². The molecule has 4 heteroatoms. The van der Waals surface area contributed by atoms with Crippen molar-refractivity contribution < 1.29 is 9.90 Å². The summed E-state index contributed by atoms with van der Waals surface area (Å²) in [5.41, 5.74) is 3.74. The summed E-state index contributed by atoms with van der Waals surface area (Å²) in [6.45, 7) is 0. The van der Waals surface area contributed by atoms with Gasteiger partial charge in [0.1, 0.15) is 0 Å². The van der Waals surface area contributed by atoms with E-state index >= 15 is 0 Å². The maximum absolute atomic E-state index is 11.4. The molecule has 4 nitrogen and oxygen atoms in total. The van der Waals surface area contributed by atoms with E-state index in [1.807, 2.05) is 24.3 Å². The number of nitrogens with zero attached hydrogens (tertiary/aromatic N) is 2. The standard InChI is InChI=1S/C17H12N2O2/c20-17(21)15-2-1-14(12-3-7-18-8-4-12)11-16(15)13-5-9-19-10-6-13/h1-11H,(H,20,21). The minimum absolute atomic E-state index is 0.277. The summed E-state index contributed by atoms with van der Waals surface area (Å²) in [6, 6.07) is 12.7. The molecule has 0 unspecified atom stereocenters. The second-order valence-corrected chi connectivity index (χ2v) is 4.54. The number of pyridine rings is 2. The Morgan fingerprint density at radius 2 is 1.33 bits per heavy atom.